The molecule has 0 unspecified atom stereocenters. The Morgan fingerprint density at radius 1 is 1.36 bits per heavy atom. The molecule has 0 aromatic carbocycles. The minimum atomic E-state index is -4.68. The fourth-order valence-electron chi connectivity index (χ4n) is 2.21. The zero-order valence-electron chi connectivity index (χ0n) is 12.8. The van der Waals surface area contributed by atoms with Crippen molar-refractivity contribution in [2.75, 3.05) is 19.8 Å². The van der Waals surface area contributed by atoms with Gasteiger partial charge in [0, 0.05) is 24.8 Å². The largest absolute Gasteiger partial charge is 0.471 e. The second kappa shape index (κ2) is 7.15. The van der Waals surface area contributed by atoms with Gasteiger partial charge in [-0.25, -0.2) is 0 Å². The maximum absolute atomic E-state index is 12.4. The van der Waals surface area contributed by atoms with Gasteiger partial charge in [-0.15, -0.1) is 0 Å². The van der Waals surface area contributed by atoms with Crippen LogP contribution in [-0.2, 0) is 22.3 Å². The molecule has 1 saturated heterocycles. The van der Waals surface area contributed by atoms with E-state index in [2.05, 4.69) is 30.3 Å². The van der Waals surface area contributed by atoms with Crippen molar-refractivity contribution in [1.29, 1.82) is 0 Å². The van der Waals surface area contributed by atoms with Gasteiger partial charge in [0.1, 0.15) is 6.61 Å². The van der Waals surface area contributed by atoms with Gasteiger partial charge in [-0.3, -0.25) is 9.78 Å². The highest BCUT2D eigenvalue weighted by atomic mass is 19.4. The Labute approximate surface area is 139 Å². The van der Waals surface area contributed by atoms with Crippen molar-refractivity contribution in [3.05, 3.63) is 29.9 Å². The minimum absolute atomic E-state index is 0.0751. The monoisotopic (exact) mass is 357 g/mol. The number of carbonyl (C=O) groups is 1. The number of hydrogen-bond donors (Lipinski definition) is 2. The van der Waals surface area contributed by atoms with Crippen molar-refractivity contribution in [3.8, 4) is 11.4 Å². The molecule has 8 nitrogen and oxygen atoms in total. The summed E-state index contributed by atoms with van der Waals surface area (Å²) in [5.41, 5.74) is 0.988. The summed E-state index contributed by atoms with van der Waals surface area (Å²) in [5, 5.41) is 9.20. The SMILES string of the molecule is O=C1COC[C@H](CNCc2ccc(-c3noc(C(F)(F)F)n3)cn2)N1. The number of hydrogen-bond acceptors (Lipinski definition) is 7. The van der Waals surface area contributed by atoms with Crippen LogP contribution in [-0.4, -0.2) is 46.8 Å². The van der Waals surface area contributed by atoms with E-state index >= 15 is 0 Å². The molecule has 25 heavy (non-hydrogen) atoms. The summed E-state index contributed by atoms with van der Waals surface area (Å²) >= 11 is 0. The zero-order valence-corrected chi connectivity index (χ0v) is 12.8. The van der Waals surface area contributed by atoms with Gasteiger partial charge in [-0.1, -0.05) is 5.16 Å². The molecule has 134 valence electrons. The number of nitrogens with one attached hydrogen (secondary N) is 2. The summed E-state index contributed by atoms with van der Waals surface area (Å²) in [4.78, 5) is 18.6. The lowest BCUT2D eigenvalue weighted by molar-refractivity contribution is -0.159. The quantitative estimate of drug-likeness (QED) is 0.814. The summed E-state index contributed by atoms with van der Waals surface area (Å²) in [6, 6.07) is 3.09. The third-order valence-electron chi connectivity index (χ3n) is 3.37. The lowest BCUT2D eigenvalue weighted by Gasteiger charge is -2.23. The topological polar surface area (TPSA) is 102 Å². The molecule has 1 aliphatic rings. The van der Waals surface area contributed by atoms with Crippen LogP contribution >= 0.6 is 0 Å². The molecule has 2 aromatic rings. The second-order valence-corrected chi connectivity index (χ2v) is 5.37. The number of nitrogens with zero attached hydrogens (tertiary/aromatic N) is 3. The van der Waals surface area contributed by atoms with Gasteiger partial charge in [0.05, 0.1) is 18.3 Å². The first-order chi connectivity index (χ1) is 11.9. The molecule has 1 fully saturated rings. The van der Waals surface area contributed by atoms with Gasteiger partial charge < -0.3 is 19.9 Å². The lowest BCUT2D eigenvalue weighted by atomic mass is 10.2. The van der Waals surface area contributed by atoms with Crippen molar-refractivity contribution in [1.82, 2.24) is 25.8 Å². The molecule has 1 amide bonds. The van der Waals surface area contributed by atoms with E-state index < -0.39 is 12.1 Å². The zero-order chi connectivity index (χ0) is 17.9. The summed E-state index contributed by atoms with van der Waals surface area (Å²) in [6.07, 6.45) is -3.31. The number of carbonyl (C=O) groups excluding carboxylic acids is 1. The first-order valence-corrected chi connectivity index (χ1v) is 7.36. The molecular formula is C14H14F3N5O3. The van der Waals surface area contributed by atoms with E-state index in [-0.39, 0.29) is 24.4 Å². The Morgan fingerprint density at radius 2 is 2.20 bits per heavy atom. The predicted molar refractivity (Wildman–Crippen MR) is 77.0 cm³/mol. The Hall–Kier alpha value is -2.53. The summed E-state index contributed by atoms with van der Waals surface area (Å²) in [7, 11) is 0. The van der Waals surface area contributed by atoms with Crippen LogP contribution in [0.15, 0.2) is 22.9 Å². The van der Waals surface area contributed by atoms with Crippen molar-refractivity contribution in [3.63, 3.8) is 0 Å². The minimum Gasteiger partial charge on any atom is -0.369 e. The number of aromatic nitrogens is 3. The van der Waals surface area contributed by atoms with Gasteiger partial charge >= 0.3 is 12.1 Å². The third-order valence-corrected chi connectivity index (χ3v) is 3.37. The molecule has 1 aliphatic heterocycles. The number of halogens is 3. The normalized spacial score (nSPS) is 18.2. The van der Waals surface area contributed by atoms with Gasteiger partial charge in [0.2, 0.25) is 11.7 Å². The maximum Gasteiger partial charge on any atom is 0.471 e. The van der Waals surface area contributed by atoms with E-state index in [4.69, 9.17) is 4.74 Å². The Morgan fingerprint density at radius 3 is 2.84 bits per heavy atom. The Balaban J connectivity index is 1.53. The van der Waals surface area contributed by atoms with Gasteiger partial charge in [-0.2, -0.15) is 18.2 Å². The molecule has 3 rings (SSSR count). The van der Waals surface area contributed by atoms with Gasteiger partial charge in [0.15, 0.2) is 0 Å². The Bertz CT molecular complexity index is 732. The summed E-state index contributed by atoms with van der Waals surface area (Å²) in [5.74, 6) is -1.73. The van der Waals surface area contributed by atoms with E-state index in [1.54, 1.807) is 12.1 Å². The third kappa shape index (κ3) is 4.51. The highest BCUT2D eigenvalue weighted by molar-refractivity contribution is 5.78. The average molecular weight is 357 g/mol. The molecule has 2 aromatic heterocycles. The molecular weight excluding hydrogens is 343 g/mol. The number of morpholine rings is 1. The molecule has 0 bridgehead atoms. The van der Waals surface area contributed by atoms with Crippen molar-refractivity contribution < 1.29 is 27.2 Å². The molecule has 0 spiro atoms. The van der Waals surface area contributed by atoms with Crippen LogP contribution in [0.5, 0.6) is 0 Å². The first kappa shape index (κ1) is 17.3. The predicted octanol–water partition coefficient (Wildman–Crippen LogP) is 0.755. The fourth-order valence-corrected chi connectivity index (χ4v) is 2.21. The van der Waals surface area contributed by atoms with Gasteiger partial charge in [0.25, 0.3) is 0 Å². The number of rotatable bonds is 5. The molecule has 2 N–H and O–H groups in total. The molecule has 3 heterocycles. The molecule has 0 aliphatic carbocycles. The maximum atomic E-state index is 12.4. The summed E-state index contributed by atoms with van der Waals surface area (Å²) < 4.78 is 46.6. The van der Waals surface area contributed by atoms with Crippen LogP contribution in [0.4, 0.5) is 13.2 Å². The van der Waals surface area contributed by atoms with Crippen LogP contribution < -0.4 is 10.6 Å². The second-order valence-electron chi connectivity index (χ2n) is 5.37. The standard InChI is InChI=1S/C14H14F3N5O3/c15-14(16,17)13-21-12(22-25-13)8-1-2-9(19-3-8)4-18-5-10-6-24-7-11(23)20-10/h1-3,10,18H,4-7H2,(H,20,23)/t10-/m0/s1. The number of amides is 1. The average Bonchev–Trinajstić information content (AvgIpc) is 3.06. The van der Waals surface area contributed by atoms with Crippen molar-refractivity contribution in [2.45, 2.75) is 18.8 Å². The van der Waals surface area contributed by atoms with E-state index in [0.29, 0.717) is 31.0 Å². The van der Waals surface area contributed by atoms with Crippen molar-refractivity contribution in [2.24, 2.45) is 0 Å². The summed E-state index contributed by atoms with van der Waals surface area (Å²) in [6.45, 7) is 1.44. The number of alkyl halides is 3. The molecule has 0 radical (unpaired) electrons. The number of pyridine rings is 1. The van der Waals surface area contributed by atoms with E-state index in [0.717, 1.165) is 0 Å². The first-order valence-electron chi connectivity index (χ1n) is 7.36. The fraction of sp³-hybridized carbons (Fsp3) is 0.429. The smallest absolute Gasteiger partial charge is 0.369 e. The van der Waals surface area contributed by atoms with E-state index in [1.807, 2.05) is 0 Å². The van der Waals surface area contributed by atoms with E-state index in [1.165, 1.54) is 6.20 Å². The Kier molecular flexibility index (Phi) is 4.95. The van der Waals surface area contributed by atoms with Crippen LogP contribution in [0.1, 0.15) is 11.6 Å². The van der Waals surface area contributed by atoms with Crippen LogP contribution in [0, 0.1) is 0 Å². The molecule has 0 saturated carbocycles. The molecule has 11 heteroatoms. The van der Waals surface area contributed by atoms with Crippen LogP contribution in [0.2, 0.25) is 0 Å². The van der Waals surface area contributed by atoms with Crippen LogP contribution in [0.25, 0.3) is 11.4 Å². The highest BCUT2D eigenvalue weighted by Gasteiger charge is 2.38. The van der Waals surface area contributed by atoms with Gasteiger partial charge in [-0.05, 0) is 12.1 Å². The van der Waals surface area contributed by atoms with Crippen LogP contribution in [0.3, 0.4) is 0 Å². The lowest BCUT2D eigenvalue weighted by Crippen LogP contribution is -2.50. The highest BCUT2D eigenvalue weighted by Crippen LogP contribution is 2.29. The van der Waals surface area contributed by atoms with Crippen molar-refractivity contribution >= 4 is 5.91 Å². The molecule has 1 atom stereocenters. The number of ether oxygens (including phenoxy) is 1. The van der Waals surface area contributed by atoms with E-state index in [9.17, 15) is 18.0 Å².